The van der Waals surface area contributed by atoms with Crippen LogP contribution in [0, 0.1) is 5.92 Å². The molecule has 0 spiro atoms. The first-order valence-electron chi connectivity index (χ1n) is 7.35. The summed E-state index contributed by atoms with van der Waals surface area (Å²) in [7, 11) is 0. The number of aliphatic carboxylic acids is 1. The zero-order valence-electron chi connectivity index (χ0n) is 12.4. The van der Waals surface area contributed by atoms with Gasteiger partial charge in [-0.25, -0.2) is 4.79 Å². The molecule has 0 bridgehead atoms. The highest BCUT2D eigenvalue weighted by molar-refractivity contribution is 5.84. The third kappa shape index (κ3) is 5.95. The molecule has 1 rings (SSSR count). The van der Waals surface area contributed by atoms with Gasteiger partial charge in [-0.15, -0.1) is 0 Å². The fraction of sp³-hybridized carbons (Fsp3) is 0.500. The van der Waals surface area contributed by atoms with Crippen LogP contribution in [0.1, 0.15) is 44.2 Å². The molecule has 116 valence electrons. The van der Waals surface area contributed by atoms with Gasteiger partial charge in [0.2, 0.25) is 5.91 Å². The van der Waals surface area contributed by atoms with Crippen LogP contribution in [-0.4, -0.2) is 23.5 Å². The highest BCUT2D eigenvalue weighted by atomic mass is 16.4. The molecule has 0 saturated carbocycles. The van der Waals surface area contributed by atoms with Crippen LogP contribution in [0.25, 0.3) is 0 Å². The Bertz CT molecular complexity index is 448. The number of nitrogens with one attached hydrogen (secondary N) is 1. The monoisotopic (exact) mass is 292 g/mol. The minimum atomic E-state index is -1.05. The summed E-state index contributed by atoms with van der Waals surface area (Å²) < 4.78 is 0. The minimum Gasteiger partial charge on any atom is -0.479 e. The van der Waals surface area contributed by atoms with Gasteiger partial charge >= 0.3 is 5.97 Å². The molecule has 0 saturated heterocycles. The zero-order chi connectivity index (χ0) is 15.7. The average molecular weight is 292 g/mol. The molecule has 0 aliphatic carbocycles. The molecule has 0 aliphatic rings. The predicted octanol–water partition coefficient (Wildman–Crippen LogP) is 2.08. The van der Waals surface area contributed by atoms with Gasteiger partial charge in [-0.3, -0.25) is 4.79 Å². The molecular weight excluding hydrogens is 268 g/mol. The van der Waals surface area contributed by atoms with Gasteiger partial charge in [-0.05, 0) is 30.9 Å². The molecule has 1 amide bonds. The van der Waals surface area contributed by atoms with Crippen molar-refractivity contribution < 1.29 is 14.7 Å². The second-order valence-electron chi connectivity index (χ2n) is 5.14. The summed E-state index contributed by atoms with van der Waals surface area (Å²) in [5, 5.41) is 11.8. The molecule has 5 heteroatoms. The van der Waals surface area contributed by atoms with Gasteiger partial charge < -0.3 is 16.2 Å². The van der Waals surface area contributed by atoms with E-state index in [-0.39, 0.29) is 5.91 Å². The normalized spacial score (nSPS) is 13.4. The highest BCUT2D eigenvalue weighted by Gasteiger charge is 2.21. The lowest BCUT2D eigenvalue weighted by atomic mass is 9.96. The summed E-state index contributed by atoms with van der Waals surface area (Å²) in [5.41, 5.74) is 6.11. The number of carbonyl (C=O) groups excluding carboxylic acids is 1. The quantitative estimate of drug-likeness (QED) is 0.649. The summed E-state index contributed by atoms with van der Waals surface area (Å²) in [6, 6.07) is 7.72. The average Bonchev–Trinajstić information content (AvgIpc) is 2.49. The van der Waals surface area contributed by atoms with Gasteiger partial charge in [-0.2, -0.15) is 0 Å². The van der Waals surface area contributed by atoms with Crippen molar-refractivity contribution in [2.24, 2.45) is 11.7 Å². The molecule has 5 nitrogen and oxygen atoms in total. The molecular formula is C16H24N2O3. The van der Waals surface area contributed by atoms with Gasteiger partial charge in [-0.1, -0.05) is 43.7 Å². The fourth-order valence-electron chi connectivity index (χ4n) is 2.29. The van der Waals surface area contributed by atoms with E-state index in [0.717, 1.165) is 19.3 Å². The second-order valence-corrected chi connectivity index (χ2v) is 5.14. The second kappa shape index (κ2) is 9.13. The van der Waals surface area contributed by atoms with Gasteiger partial charge in [0.15, 0.2) is 6.04 Å². The van der Waals surface area contributed by atoms with E-state index in [2.05, 4.69) is 12.2 Å². The van der Waals surface area contributed by atoms with Crippen molar-refractivity contribution in [1.82, 2.24) is 5.32 Å². The molecule has 0 radical (unpaired) electrons. The van der Waals surface area contributed by atoms with E-state index >= 15 is 0 Å². The number of hydrogen-bond acceptors (Lipinski definition) is 3. The van der Waals surface area contributed by atoms with Crippen molar-refractivity contribution in [3.05, 3.63) is 35.9 Å². The van der Waals surface area contributed by atoms with Crippen LogP contribution in [0.4, 0.5) is 0 Å². The number of carboxylic acids is 1. The number of hydrogen-bond donors (Lipinski definition) is 3. The van der Waals surface area contributed by atoms with Crippen LogP contribution in [0.2, 0.25) is 0 Å². The lowest BCUT2D eigenvalue weighted by Crippen LogP contribution is -2.33. The third-order valence-electron chi connectivity index (χ3n) is 3.62. The number of amides is 1. The van der Waals surface area contributed by atoms with Crippen molar-refractivity contribution in [2.75, 3.05) is 6.54 Å². The Morgan fingerprint density at radius 3 is 2.43 bits per heavy atom. The first-order valence-corrected chi connectivity index (χ1v) is 7.35. The molecule has 0 aliphatic heterocycles. The van der Waals surface area contributed by atoms with Crippen molar-refractivity contribution in [3.8, 4) is 0 Å². The highest BCUT2D eigenvalue weighted by Crippen LogP contribution is 2.16. The number of carbonyl (C=O) groups is 2. The molecule has 1 unspecified atom stereocenters. The molecule has 2 atom stereocenters. The number of rotatable bonds is 9. The van der Waals surface area contributed by atoms with Crippen molar-refractivity contribution in [3.63, 3.8) is 0 Å². The Balaban J connectivity index is 2.56. The smallest absolute Gasteiger partial charge is 0.330 e. The summed E-state index contributed by atoms with van der Waals surface area (Å²) in [5.74, 6) is -0.869. The van der Waals surface area contributed by atoms with Gasteiger partial charge in [0.05, 0.1) is 0 Å². The molecule has 0 heterocycles. The van der Waals surface area contributed by atoms with Crippen LogP contribution in [0.5, 0.6) is 0 Å². The Morgan fingerprint density at radius 2 is 1.90 bits per heavy atom. The van der Waals surface area contributed by atoms with Crippen LogP contribution >= 0.6 is 0 Å². The predicted molar refractivity (Wildman–Crippen MR) is 81.6 cm³/mol. The van der Waals surface area contributed by atoms with E-state index in [1.807, 2.05) is 6.07 Å². The molecule has 1 aromatic rings. The van der Waals surface area contributed by atoms with E-state index in [4.69, 9.17) is 5.73 Å². The van der Waals surface area contributed by atoms with Crippen molar-refractivity contribution in [1.29, 1.82) is 0 Å². The van der Waals surface area contributed by atoms with Gasteiger partial charge in [0, 0.05) is 6.42 Å². The fourth-order valence-corrected chi connectivity index (χ4v) is 2.29. The topological polar surface area (TPSA) is 92.4 Å². The van der Waals surface area contributed by atoms with E-state index in [1.54, 1.807) is 24.3 Å². The van der Waals surface area contributed by atoms with Gasteiger partial charge in [0.1, 0.15) is 0 Å². The number of nitrogens with two attached hydrogens (primary N) is 1. The minimum absolute atomic E-state index is 0.235. The standard InChI is InChI=1S/C16H24N2O3/c1-2-12(10-11-17)8-9-14(19)18-15(16(20)21)13-6-4-3-5-7-13/h3-7,12,15H,2,8-11,17H2,1H3,(H,18,19)(H,20,21)/t12?,15-/m1/s1. The SMILES string of the molecule is CCC(CCN)CCC(=O)N[C@@H](C(=O)O)c1ccccc1. The van der Waals surface area contributed by atoms with E-state index in [0.29, 0.717) is 24.4 Å². The molecule has 4 N–H and O–H groups in total. The Morgan fingerprint density at radius 1 is 1.24 bits per heavy atom. The maximum absolute atomic E-state index is 12.0. The Labute approximate surface area is 125 Å². The summed E-state index contributed by atoms with van der Waals surface area (Å²) in [6.07, 6.45) is 2.94. The zero-order valence-corrected chi connectivity index (χ0v) is 12.4. The van der Waals surface area contributed by atoms with Gasteiger partial charge in [0.25, 0.3) is 0 Å². The lowest BCUT2D eigenvalue weighted by Gasteiger charge is -2.17. The van der Waals surface area contributed by atoms with Crippen molar-refractivity contribution >= 4 is 11.9 Å². The summed E-state index contributed by atoms with van der Waals surface area (Å²) in [6.45, 7) is 2.68. The molecule has 21 heavy (non-hydrogen) atoms. The largest absolute Gasteiger partial charge is 0.479 e. The molecule has 0 fully saturated rings. The maximum Gasteiger partial charge on any atom is 0.330 e. The lowest BCUT2D eigenvalue weighted by molar-refractivity contribution is -0.142. The molecule has 0 aromatic heterocycles. The van der Waals surface area contributed by atoms with Crippen LogP contribution in [0.15, 0.2) is 30.3 Å². The molecule has 1 aromatic carbocycles. The van der Waals surface area contributed by atoms with E-state index in [1.165, 1.54) is 0 Å². The first-order chi connectivity index (χ1) is 10.1. The van der Waals surface area contributed by atoms with Crippen LogP contribution < -0.4 is 11.1 Å². The van der Waals surface area contributed by atoms with Crippen LogP contribution in [-0.2, 0) is 9.59 Å². The number of benzene rings is 1. The third-order valence-corrected chi connectivity index (χ3v) is 3.62. The van der Waals surface area contributed by atoms with Crippen molar-refractivity contribution in [2.45, 2.75) is 38.6 Å². The van der Waals surface area contributed by atoms with Crippen LogP contribution in [0.3, 0.4) is 0 Å². The first kappa shape index (κ1) is 17.2. The Hall–Kier alpha value is -1.88. The Kier molecular flexibility index (Phi) is 7.46. The number of carboxylic acid groups (broad SMARTS) is 1. The summed E-state index contributed by atoms with van der Waals surface area (Å²) in [4.78, 5) is 23.3. The maximum atomic E-state index is 12.0. The summed E-state index contributed by atoms with van der Waals surface area (Å²) >= 11 is 0. The van der Waals surface area contributed by atoms with E-state index < -0.39 is 12.0 Å². The van der Waals surface area contributed by atoms with E-state index in [9.17, 15) is 14.7 Å².